The van der Waals surface area contributed by atoms with Gasteiger partial charge in [-0.2, -0.15) is 0 Å². The summed E-state index contributed by atoms with van der Waals surface area (Å²) >= 11 is 0. The summed E-state index contributed by atoms with van der Waals surface area (Å²) in [6.07, 6.45) is 4.00. The van der Waals surface area contributed by atoms with E-state index in [-0.39, 0.29) is 11.3 Å². The number of benzene rings is 2. The van der Waals surface area contributed by atoms with E-state index in [9.17, 15) is 9.90 Å². The fraction of sp³-hybridized carbons (Fsp3) is 0.200. The molecule has 2 aromatic carbocycles. The summed E-state index contributed by atoms with van der Waals surface area (Å²) in [5.41, 5.74) is 2.16. The average Bonchev–Trinajstić information content (AvgIpc) is 2.79. The minimum atomic E-state index is -0.198. The van der Waals surface area contributed by atoms with Gasteiger partial charge in [0.2, 0.25) is 0 Å². The van der Waals surface area contributed by atoms with Gasteiger partial charge in [0.1, 0.15) is 5.82 Å². The van der Waals surface area contributed by atoms with Gasteiger partial charge in [-0.05, 0) is 36.3 Å². The molecule has 1 aromatic heterocycles. The van der Waals surface area contributed by atoms with E-state index in [1.165, 1.54) is 13.2 Å². The Morgan fingerprint density at radius 2 is 1.73 bits per heavy atom. The summed E-state index contributed by atoms with van der Waals surface area (Å²) in [5.74, 6) is 1.10. The first-order valence-corrected chi connectivity index (χ1v) is 9.91. The van der Waals surface area contributed by atoms with Crippen molar-refractivity contribution in [3.8, 4) is 17.2 Å². The lowest BCUT2D eigenvalue weighted by molar-refractivity contribution is 0.370. The number of ether oxygens (including phenoxy) is 1. The molecule has 0 unspecified atom stereocenters. The zero-order valence-corrected chi connectivity index (χ0v) is 17.8. The third-order valence-electron chi connectivity index (χ3n) is 4.55. The van der Waals surface area contributed by atoms with Crippen LogP contribution in [0.3, 0.4) is 0 Å². The normalized spacial score (nSPS) is 9.97. The lowest BCUT2D eigenvalue weighted by Gasteiger charge is -2.15. The van der Waals surface area contributed by atoms with E-state index in [4.69, 9.17) is 4.74 Å². The van der Waals surface area contributed by atoms with Crippen LogP contribution in [-0.4, -0.2) is 21.8 Å². The quantitative estimate of drug-likeness (QED) is 0.599. The van der Waals surface area contributed by atoms with Crippen LogP contribution < -0.4 is 10.3 Å². The van der Waals surface area contributed by atoms with Crippen molar-refractivity contribution in [1.29, 1.82) is 0 Å². The summed E-state index contributed by atoms with van der Waals surface area (Å²) in [4.78, 5) is 17.8. The molecule has 3 rings (SSSR count). The molecule has 156 valence electrons. The minimum absolute atomic E-state index is 0.102. The number of hydrogen-bond donors (Lipinski definition) is 1. The Hall–Kier alpha value is -3.60. The topological polar surface area (TPSA) is 64.3 Å². The number of para-hydroxylation sites is 2. The van der Waals surface area contributed by atoms with Crippen molar-refractivity contribution < 1.29 is 9.84 Å². The lowest BCUT2D eigenvalue weighted by atomic mass is 10.1. The Kier molecular flexibility index (Phi) is 8.18. The molecule has 0 fully saturated rings. The number of phenols is 1. The number of aromatic nitrogens is 2. The van der Waals surface area contributed by atoms with Gasteiger partial charge in [-0.25, -0.2) is 4.98 Å². The predicted octanol–water partition coefficient (Wildman–Crippen LogP) is 5.04. The molecule has 1 N–H and O–H groups in total. The number of rotatable bonds is 7. The monoisotopic (exact) mass is 404 g/mol. The molecule has 1 heterocycles. The molecular formula is C25H28N2O3. The highest BCUT2D eigenvalue weighted by Crippen LogP contribution is 2.30. The van der Waals surface area contributed by atoms with Gasteiger partial charge < -0.3 is 9.84 Å². The number of methoxy groups -OCH3 is 1. The molecule has 0 saturated carbocycles. The van der Waals surface area contributed by atoms with Crippen LogP contribution in [0, 0.1) is 0 Å². The second-order valence-electron chi connectivity index (χ2n) is 6.18. The fourth-order valence-electron chi connectivity index (χ4n) is 3.14. The van der Waals surface area contributed by atoms with Gasteiger partial charge >= 0.3 is 0 Å². The molecule has 5 nitrogen and oxygen atoms in total. The van der Waals surface area contributed by atoms with Crippen molar-refractivity contribution in [3.63, 3.8) is 0 Å². The standard InChI is InChI=1S/C23H22N2O3.C2H6/c1-4-18-19(5-2)24-21(25(23(18)27)17-11-7-6-8-12-17)15-14-16-10-9-13-20(28-3)22(16)26;1-2/h4-13,26H,1-2,14-15H2,3H3;1-2H3. The largest absolute Gasteiger partial charge is 0.504 e. The minimum Gasteiger partial charge on any atom is -0.504 e. The number of hydrogen-bond acceptors (Lipinski definition) is 4. The molecule has 0 aliphatic heterocycles. The summed E-state index contributed by atoms with van der Waals surface area (Å²) in [6, 6.07) is 14.7. The molecule has 0 saturated heterocycles. The smallest absolute Gasteiger partial charge is 0.265 e. The zero-order valence-electron chi connectivity index (χ0n) is 17.8. The van der Waals surface area contributed by atoms with Crippen molar-refractivity contribution in [1.82, 2.24) is 9.55 Å². The first kappa shape index (κ1) is 22.7. The van der Waals surface area contributed by atoms with Crippen LogP contribution in [0.2, 0.25) is 0 Å². The van der Waals surface area contributed by atoms with Crippen molar-refractivity contribution in [2.45, 2.75) is 26.7 Å². The van der Waals surface area contributed by atoms with E-state index < -0.39 is 0 Å². The zero-order chi connectivity index (χ0) is 22.1. The molecule has 30 heavy (non-hydrogen) atoms. The first-order valence-electron chi connectivity index (χ1n) is 9.91. The van der Waals surface area contributed by atoms with Crippen molar-refractivity contribution in [2.24, 2.45) is 0 Å². The van der Waals surface area contributed by atoms with Crippen LogP contribution in [0.1, 0.15) is 36.5 Å². The molecule has 0 spiro atoms. The van der Waals surface area contributed by atoms with Crippen molar-refractivity contribution >= 4 is 12.2 Å². The summed E-state index contributed by atoms with van der Waals surface area (Å²) in [6.45, 7) is 11.5. The Bertz CT molecular complexity index is 1070. The molecule has 0 atom stereocenters. The van der Waals surface area contributed by atoms with Gasteiger partial charge in [-0.3, -0.25) is 9.36 Å². The van der Waals surface area contributed by atoms with Crippen molar-refractivity contribution in [2.75, 3.05) is 7.11 Å². The highest BCUT2D eigenvalue weighted by molar-refractivity contribution is 5.60. The predicted molar refractivity (Wildman–Crippen MR) is 123 cm³/mol. The molecular weight excluding hydrogens is 376 g/mol. The van der Waals surface area contributed by atoms with Gasteiger partial charge in [0.25, 0.3) is 5.56 Å². The van der Waals surface area contributed by atoms with E-state index in [0.29, 0.717) is 35.7 Å². The molecule has 0 radical (unpaired) electrons. The summed E-state index contributed by atoms with van der Waals surface area (Å²) < 4.78 is 6.76. The second-order valence-corrected chi connectivity index (χ2v) is 6.18. The van der Waals surface area contributed by atoms with Crippen LogP contribution >= 0.6 is 0 Å². The summed E-state index contributed by atoms with van der Waals surface area (Å²) in [5, 5.41) is 10.3. The van der Waals surface area contributed by atoms with E-state index >= 15 is 0 Å². The summed E-state index contributed by atoms with van der Waals surface area (Å²) in [7, 11) is 1.51. The Morgan fingerprint density at radius 1 is 1.03 bits per heavy atom. The fourth-order valence-corrected chi connectivity index (χ4v) is 3.14. The van der Waals surface area contributed by atoms with E-state index in [0.717, 1.165) is 11.3 Å². The number of aromatic hydroxyl groups is 1. The maximum Gasteiger partial charge on any atom is 0.265 e. The average molecular weight is 405 g/mol. The molecule has 0 bridgehead atoms. The number of phenolic OH excluding ortho intramolecular Hbond substituents is 1. The van der Waals surface area contributed by atoms with Gasteiger partial charge in [-0.1, -0.05) is 63.4 Å². The van der Waals surface area contributed by atoms with Gasteiger partial charge in [0, 0.05) is 6.42 Å². The third kappa shape index (κ3) is 4.69. The number of nitrogens with zero attached hydrogens (tertiary/aromatic N) is 2. The van der Waals surface area contributed by atoms with Crippen LogP contribution in [0.15, 0.2) is 66.5 Å². The van der Waals surface area contributed by atoms with Crippen molar-refractivity contribution in [3.05, 3.63) is 94.7 Å². The Labute approximate surface area is 177 Å². The maximum absolute atomic E-state index is 13.1. The van der Waals surface area contributed by atoms with Crippen LogP contribution in [0.4, 0.5) is 0 Å². The third-order valence-corrected chi connectivity index (χ3v) is 4.55. The molecule has 0 amide bonds. The Morgan fingerprint density at radius 3 is 2.33 bits per heavy atom. The second kappa shape index (κ2) is 10.8. The van der Waals surface area contributed by atoms with E-state index in [1.54, 1.807) is 16.7 Å². The SMILES string of the molecule is C=Cc1nc(CCc2cccc(OC)c2O)n(-c2ccccc2)c(=O)c1C=C.CC. The van der Waals surface area contributed by atoms with Gasteiger partial charge in [0.05, 0.1) is 24.1 Å². The molecule has 5 heteroatoms. The van der Waals surface area contributed by atoms with Crippen LogP contribution in [0.5, 0.6) is 11.5 Å². The van der Waals surface area contributed by atoms with Gasteiger partial charge in [0.15, 0.2) is 11.5 Å². The molecule has 0 aliphatic carbocycles. The van der Waals surface area contributed by atoms with Crippen LogP contribution in [0.25, 0.3) is 17.8 Å². The lowest BCUT2D eigenvalue weighted by Crippen LogP contribution is -2.27. The van der Waals surface area contributed by atoms with E-state index in [1.807, 2.05) is 56.3 Å². The first-order chi connectivity index (χ1) is 14.6. The van der Waals surface area contributed by atoms with Crippen LogP contribution in [-0.2, 0) is 12.8 Å². The van der Waals surface area contributed by atoms with E-state index in [2.05, 4.69) is 18.1 Å². The Balaban J connectivity index is 0.00000155. The molecule has 3 aromatic rings. The number of aryl methyl sites for hydroxylation is 2. The van der Waals surface area contributed by atoms with Gasteiger partial charge in [-0.15, -0.1) is 0 Å². The highest BCUT2D eigenvalue weighted by atomic mass is 16.5. The maximum atomic E-state index is 13.1. The highest BCUT2D eigenvalue weighted by Gasteiger charge is 2.16. The molecule has 0 aliphatic rings.